The molecule has 608 valence electrons. The number of primary amides is 2. The Labute approximate surface area is 675 Å². The van der Waals surface area contributed by atoms with Crippen molar-refractivity contribution in [1.29, 1.82) is 0 Å². The Bertz CT molecular complexity index is 6120. The highest BCUT2D eigenvalue weighted by atomic mass is 16.5. The predicted molar refractivity (Wildman–Crippen MR) is 440 cm³/mol. The number of nitrogens with zero attached hydrogens (tertiary/aromatic N) is 16. The number of amides is 6. The summed E-state index contributed by atoms with van der Waals surface area (Å²) in [5.41, 5.74) is 24.0. The number of carbonyl (C=O) groups is 8. The maximum Gasteiger partial charge on any atom is 0.276 e. The lowest BCUT2D eigenvalue weighted by Crippen LogP contribution is -2.29. The smallest absolute Gasteiger partial charge is 0.276 e. The molecule has 6 amide bonds. The fraction of sp³-hybridized carbons (Fsp3) is 0.333. The van der Waals surface area contributed by atoms with E-state index in [-0.39, 0.29) is 97.7 Å². The van der Waals surface area contributed by atoms with E-state index in [2.05, 4.69) is 65.9 Å². The Kier molecular flexibility index (Phi) is 21.4. The topological polar surface area (TPSA) is 416 Å². The molecule has 0 unspecified atom stereocenters. The molecule has 0 bridgehead atoms. The van der Waals surface area contributed by atoms with Crippen molar-refractivity contribution in [2.45, 2.75) is 159 Å². The average molecular weight is 1600 g/mol. The Hall–Kier alpha value is -14.1. The van der Waals surface area contributed by atoms with Crippen molar-refractivity contribution in [2.75, 3.05) is 47.7 Å². The monoisotopic (exact) mass is 1600 g/mol. The number of aryl methyl sites for hydroxylation is 8. The molecular formula is C84H90N22O12. The highest BCUT2D eigenvalue weighted by molar-refractivity contribution is 6.08. The van der Waals surface area contributed by atoms with Crippen LogP contribution < -0.4 is 51.7 Å². The first kappa shape index (κ1) is 79.2. The molecule has 8 N–H and O–H groups in total. The lowest BCUT2D eigenvalue weighted by Gasteiger charge is -2.30. The lowest BCUT2D eigenvalue weighted by atomic mass is 9.94. The van der Waals surface area contributed by atoms with Gasteiger partial charge in [-0.15, -0.1) is 0 Å². The Morgan fingerprint density at radius 3 is 1.01 bits per heavy atom. The van der Waals surface area contributed by atoms with Crippen LogP contribution in [0, 0.1) is 27.7 Å². The number of hydrogen-bond acceptors (Lipinski definition) is 20. The average Bonchev–Trinajstić information content (AvgIpc) is 1.59. The van der Waals surface area contributed by atoms with Crippen molar-refractivity contribution in [3.8, 4) is 23.0 Å². The van der Waals surface area contributed by atoms with E-state index in [0.29, 0.717) is 195 Å². The van der Waals surface area contributed by atoms with Gasteiger partial charge in [-0.05, 0) is 185 Å². The summed E-state index contributed by atoms with van der Waals surface area (Å²) in [6.45, 7) is 21.1. The van der Waals surface area contributed by atoms with Crippen LogP contribution >= 0.6 is 0 Å². The molecule has 17 rings (SSSR count). The van der Waals surface area contributed by atoms with Crippen molar-refractivity contribution < 1.29 is 57.3 Å². The van der Waals surface area contributed by atoms with Gasteiger partial charge in [0, 0.05) is 48.4 Å². The third-order valence-corrected chi connectivity index (χ3v) is 21.5. The first-order valence-electron chi connectivity index (χ1n) is 38.9. The van der Waals surface area contributed by atoms with Crippen molar-refractivity contribution in [2.24, 2.45) is 11.5 Å². The van der Waals surface area contributed by atoms with E-state index in [1.165, 1.54) is 13.8 Å². The quantitative estimate of drug-likeness (QED) is 0.0229. The highest BCUT2D eigenvalue weighted by Gasteiger charge is 2.36. The van der Waals surface area contributed by atoms with E-state index in [9.17, 15) is 38.4 Å². The van der Waals surface area contributed by atoms with E-state index in [1.54, 1.807) is 91.5 Å². The van der Waals surface area contributed by atoms with Gasteiger partial charge in [0.25, 0.3) is 23.6 Å². The van der Waals surface area contributed by atoms with Crippen LogP contribution in [0.5, 0.6) is 23.0 Å². The largest absolute Gasteiger partial charge is 0.489 e. The number of hydrogen-bond donors (Lipinski definition) is 6. The number of allylic oxidation sites excluding steroid dienone is 2. The Balaban J connectivity index is 0.000000183. The molecular weight excluding hydrogens is 1510 g/mol. The number of ketones is 2. The van der Waals surface area contributed by atoms with Gasteiger partial charge in [0.05, 0.1) is 69.0 Å². The summed E-state index contributed by atoms with van der Waals surface area (Å²) in [6.07, 6.45) is 7.02. The molecule has 118 heavy (non-hydrogen) atoms. The minimum Gasteiger partial charge on any atom is -0.489 e. The summed E-state index contributed by atoms with van der Waals surface area (Å²) in [7, 11) is 0. The molecule has 12 heterocycles. The number of Topliss-reactive ketones (excluding diaryl/α,β-unsaturated/α-hetero) is 2. The number of nitrogens with two attached hydrogens (primary N) is 2. The number of anilines is 4. The third kappa shape index (κ3) is 14.8. The zero-order valence-corrected chi connectivity index (χ0v) is 66.1. The second-order valence-electron chi connectivity index (χ2n) is 29.5. The van der Waals surface area contributed by atoms with Gasteiger partial charge < -0.3 is 35.0 Å². The fourth-order valence-electron chi connectivity index (χ4n) is 16.1. The summed E-state index contributed by atoms with van der Waals surface area (Å²) in [4.78, 5) is 123. The van der Waals surface area contributed by atoms with E-state index in [0.717, 1.165) is 28.2 Å². The second kappa shape index (κ2) is 32.0. The van der Waals surface area contributed by atoms with Gasteiger partial charge in [-0.1, -0.05) is 43.8 Å². The minimum absolute atomic E-state index is 0. The highest BCUT2D eigenvalue weighted by Crippen LogP contribution is 2.44. The molecule has 0 aliphatic carbocycles. The van der Waals surface area contributed by atoms with Crippen LogP contribution in [0.3, 0.4) is 0 Å². The van der Waals surface area contributed by atoms with E-state index >= 15 is 0 Å². The number of aromatic nitrogens is 16. The van der Waals surface area contributed by atoms with Gasteiger partial charge in [-0.25, -0.2) is 19.9 Å². The van der Waals surface area contributed by atoms with E-state index in [1.807, 2.05) is 85.8 Å². The minimum atomic E-state index is -0.621. The van der Waals surface area contributed by atoms with Crippen molar-refractivity contribution in [1.82, 2.24) is 77.3 Å². The fourth-order valence-corrected chi connectivity index (χ4v) is 16.1. The summed E-state index contributed by atoms with van der Waals surface area (Å²) in [5, 5.41) is 29.8. The summed E-state index contributed by atoms with van der Waals surface area (Å²) < 4.78 is 39.5. The molecule has 34 nitrogen and oxygen atoms in total. The van der Waals surface area contributed by atoms with Crippen molar-refractivity contribution in [3.63, 3.8) is 0 Å². The molecule has 34 heteroatoms. The Morgan fingerprint density at radius 2 is 0.695 bits per heavy atom. The number of imidazole rings is 4. The normalized spacial score (nSPS) is 15.5. The maximum atomic E-state index is 13.8. The number of rotatable bonds is 25. The molecule has 0 fully saturated rings. The van der Waals surface area contributed by atoms with Crippen LogP contribution in [0.1, 0.15) is 210 Å². The second-order valence-corrected chi connectivity index (χ2v) is 29.5. The van der Waals surface area contributed by atoms with Crippen LogP contribution in [0.2, 0.25) is 0 Å². The zero-order chi connectivity index (χ0) is 82.1. The summed E-state index contributed by atoms with van der Waals surface area (Å²) in [6, 6.07) is 27.3. The molecule has 13 aromatic rings. The van der Waals surface area contributed by atoms with Crippen LogP contribution in [0.4, 0.5) is 23.8 Å². The van der Waals surface area contributed by atoms with Gasteiger partial charge in [0.15, 0.2) is 11.6 Å². The van der Waals surface area contributed by atoms with E-state index < -0.39 is 11.8 Å². The molecule has 0 spiro atoms. The van der Waals surface area contributed by atoms with Crippen LogP contribution in [0.25, 0.3) is 44.1 Å². The number of carbonyl (C=O) groups excluding carboxylic acids is 8. The first-order chi connectivity index (χ1) is 56.3. The molecule has 8 aromatic heterocycles. The van der Waals surface area contributed by atoms with Crippen LogP contribution in [-0.4, -0.2) is 151 Å². The van der Waals surface area contributed by atoms with Gasteiger partial charge in [-0.2, -0.15) is 20.4 Å². The Morgan fingerprint density at radius 1 is 0.407 bits per heavy atom. The number of nitrogens with one attached hydrogen (secondary N) is 4. The van der Waals surface area contributed by atoms with Crippen LogP contribution in [-0.2, 0) is 39.0 Å². The van der Waals surface area contributed by atoms with E-state index in [4.69, 9.17) is 50.4 Å². The van der Waals surface area contributed by atoms with Gasteiger partial charge >= 0.3 is 0 Å². The van der Waals surface area contributed by atoms with Gasteiger partial charge in [-0.3, -0.25) is 92.1 Å². The molecule has 0 saturated carbocycles. The number of ether oxygens (including phenoxy) is 4. The molecule has 4 aliphatic rings. The molecule has 0 radical (unpaired) electrons. The summed E-state index contributed by atoms with van der Waals surface area (Å²) in [5.74, 6) is 0.382. The third-order valence-electron chi connectivity index (χ3n) is 21.5. The number of benzene rings is 5. The molecule has 0 saturated heterocycles. The van der Waals surface area contributed by atoms with Gasteiger partial charge in [0.1, 0.15) is 94.3 Å². The van der Waals surface area contributed by atoms with Crippen molar-refractivity contribution in [3.05, 3.63) is 188 Å². The standard InChI is InChI=1S/C43H43N11O6.C40H43N11O6.CH4/c1-6-51-33(12-22(3)49-51)40(57)47-42-45-31-16-27(24(5)55)18-35-37(31)53(42)29(20-59-35)14-25-10-8-9-11-26(25)15-30-21-60-36-19-28(39(44)56)17-32-38(36)54(30)43(46-32)48-41(58)34-13-23(4)50-52(34)7-2;1-6-48-30(13-21(3)46-48)37(54)44-39-42-28-15-24(23(5)52)17-32-34(28)50(39)26(19-56-32)11-9-8-10-12-27-20-57-33-18-25(36(41)53)16-29-35(33)51(27)40(43-29)45-38(55)31-14-22(4)47-49(31)7-2;/h8-13,16-19,29-30H,6-7,14-15,20-21H2,1-5H3,(H2,44,56)(H,45,47,57)(H,46,48,58);8,10,13-18,26-27H,6-7,9,11-12,19-20H2,1-5H3,(H2,41,53)(H,42,44,54)(H,43,45,55);1H4/t29-,30-;26-,27-;/m00./s1. The SMILES string of the molecule is C.CCn1nc(C)cc1C(=O)Nc1nc2cc(C(C)=O)cc3c2n1[C@@H](Cc1ccccc1C[C@H]1COc2cc(C(N)=O)cc4nc(NC(=O)c5cc(C)nn5CC)n1c24)CO3.CCn1nc(C)cc1C(=O)Nc1nc2cc(C(N)=O)cc3c2n1[C@@H](CC=CCC[C@H]1COc2cc(C(C)=O)cc4nc(NC(=O)c5cc(C)nn5CC)n1c24)CO3. The molecule has 4 atom stereocenters. The van der Waals surface area contributed by atoms with Gasteiger partial charge in [0.2, 0.25) is 35.6 Å². The first-order valence-corrected chi connectivity index (χ1v) is 38.9. The maximum absolute atomic E-state index is 13.8. The zero-order valence-electron chi connectivity index (χ0n) is 66.1. The molecule has 4 aliphatic heterocycles. The molecule has 5 aromatic carbocycles. The predicted octanol–water partition coefficient (Wildman–Crippen LogP) is 11.8. The lowest BCUT2D eigenvalue weighted by molar-refractivity contribution is 0.0991. The van der Waals surface area contributed by atoms with Crippen molar-refractivity contribution >= 4 is 115 Å². The summed E-state index contributed by atoms with van der Waals surface area (Å²) >= 11 is 0. The van der Waals surface area contributed by atoms with Crippen LogP contribution in [0.15, 0.2) is 109 Å².